The highest BCUT2D eigenvalue weighted by atomic mass is 32.1. The van der Waals surface area contributed by atoms with Crippen LogP contribution in [-0.4, -0.2) is 17.6 Å². The lowest BCUT2D eigenvalue weighted by atomic mass is 9.95. The number of nitrogens with two attached hydrogens (primary N) is 1. The van der Waals surface area contributed by atoms with E-state index >= 15 is 0 Å². The van der Waals surface area contributed by atoms with Gasteiger partial charge in [0, 0.05) is 23.7 Å². The number of rotatable bonds is 4. The Bertz CT molecular complexity index is 337. The summed E-state index contributed by atoms with van der Waals surface area (Å²) in [5, 5.41) is 4.68. The van der Waals surface area contributed by atoms with Crippen molar-refractivity contribution in [1.82, 2.24) is 10.3 Å². The first-order chi connectivity index (χ1) is 8.25. The zero-order valence-electron chi connectivity index (χ0n) is 10.6. The molecule has 0 aliphatic heterocycles. The maximum absolute atomic E-state index is 6.21. The molecule has 2 rings (SSSR count). The van der Waals surface area contributed by atoms with E-state index in [-0.39, 0.29) is 0 Å². The average Bonchev–Trinajstić information content (AvgIpc) is 2.61. The van der Waals surface area contributed by atoms with Crippen LogP contribution in [0.25, 0.3) is 0 Å². The van der Waals surface area contributed by atoms with Crippen LogP contribution >= 0.6 is 11.3 Å². The third-order valence-electron chi connectivity index (χ3n) is 3.59. The van der Waals surface area contributed by atoms with Gasteiger partial charge in [-0.2, -0.15) is 0 Å². The quantitative estimate of drug-likeness (QED) is 0.810. The number of hydrogen-bond acceptors (Lipinski definition) is 4. The molecule has 0 amide bonds. The molecule has 0 aromatic carbocycles. The second kappa shape index (κ2) is 6.47. The summed E-state index contributed by atoms with van der Waals surface area (Å²) in [6, 6.07) is 0.396. The molecule has 96 valence electrons. The smallest absolute Gasteiger partial charge is 0.0897 e. The summed E-state index contributed by atoms with van der Waals surface area (Å²) in [5.41, 5.74) is 6.21. The van der Waals surface area contributed by atoms with Crippen LogP contribution in [0.15, 0.2) is 6.20 Å². The van der Waals surface area contributed by atoms with Crippen molar-refractivity contribution in [1.29, 1.82) is 0 Å². The van der Waals surface area contributed by atoms with E-state index in [1.807, 2.05) is 6.20 Å². The van der Waals surface area contributed by atoms with Gasteiger partial charge in [0.15, 0.2) is 0 Å². The lowest BCUT2D eigenvalue weighted by molar-refractivity contribution is 0.374. The molecule has 0 spiro atoms. The third-order valence-corrected chi connectivity index (χ3v) is 4.51. The summed E-state index contributed by atoms with van der Waals surface area (Å²) in [6.45, 7) is 4.04. The van der Waals surface area contributed by atoms with Crippen LogP contribution in [0.4, 0.5) is 0 Å². The van der Waals surface area contributed by atoms with Crippen LogP contribution in [0.2, 0.25) is 0 Å². The number of nitrogens with one attached hydrogen (secondary N) is 1. The van der Waals surface area contributed by atoms with Gasteiger partial charge in [-0.3, -0.25) is 0 Å². The highest BCUT2D eigenvalue weighted by Crippen LogP contribution is 2.21. The van der Waals surface area contributed by atoms with E-state index in [4.69, 9.17) is 5.73 Å². The molecule has 0 radical (unpaired) electrons. The number of thiazole rings is 1. The highest BCUT2D eigenvalue weighted by Gasteiger charge is 2.19. The van der Waals surface area contributed by atoms with Gasteiger partial charge < -0.3 is 11.1 Å². The Morgan fingerprint density at radius 2 is 2.24 bits per heavy atom. The third kappa shape index (κ3) is 4.05. The summed E-state index contributed by atoms with van der Waals surface area (Å²) >= 11 is 1.77. The second-order valence-electron chi connectivity index (χ2n) is 5.04. The van der Waals surface area contributed by atoms with Crippen molar-refractivity contribution >= 4 is 11.3 Å². The van der Waals surface area contributed by atoms with E-state index in [0.29, 0.717) is 12.0 Å². The maximum atomic E-state index is 6.21. The van der Waals surface area contributed by atoms with Crippen LogP contribution < -0.4 is 11.1 Å². The second-order valence-corrected chi connectivity index (χ2v) is 6.36. The minimum absolute atomic E-state index is 0.396. The van der Waals surface area contributed by atoms with E-state index in [0.717, 1.165) is 18.1 Å². The van der Waals surface area contributed by atoms with Crippen LogP contribution in [0.5, 0.6) is 0 Å². The molecule has 1 saturated carbocycles. The molecular formula is C13H23N3S. The van der Waals surface area contributed by atoms with E-state index < -0.39 is 0 Å². The fraction of sp³-hybridized carbons (Fsp3) is 0.769. The molecule has 1 heterocycles. The zero-order chi connectivity index (χ0) is 12.1. The minimum atomic E-state index is 0.396. The fourth-order valence-corrected chi connectivity index (χ4v) is 3.30. The van der Waals surface area contributed by atoms with Gasteiger partial charge in [0.25, 0.3) is 0 Å². The van der Waals surface area contributed by atoms with Crippen molar-refractivity contribution in [3.63, 3.8) is 0 Å². The minimum Gasteiger partial charge on any atom is -0.327 e. The van der Waals surface area contributed by atoms with E-state index in [9.17, 15) is 0 Å². The van der Waals surface area contributed by atoms with Crippen LogP contribution in [0.3, 0.4) is 0 Å². The average molecular weight is 253 g/mol. The van der Waals surface area contributed by atoms with Gasteiger partial charge in [-0.05, 0) is 32.2 Å². The first-order valence-electron chi connectivity index (χ1n) is 6.63. The lowest BCUT2D eigenvalue weighted by Crippen LogP contribution is -2.36. The fourth-order valence-electron chi connectivity index (χ4n) is 2.53. The molecule has 17 heavy (non-hydrogen) atoms. The van der Waals surface area contributed by atoms with Gasteiger partial charge in [-0.25, -0.2) is 4.98 Å². The molecule has 4 heteroatoms. The standard InChI is InChI=1S/C13H23N3S/c1-10-16-9-12(17-10)8-15-7-11-5-3-2-4-6-13(11)14/h9,11,13,15H,2-8,14H2,1H3. The Hall–Kier alpha value is -0.450. The van der Waals surface area contributed by atoms with Crippen molar-refractivity contribution in [3.05, 3.63) is 16.1 Å². The van der Waals surface area contributed by atoms with Crippen molar-refractivity contribution in [2.45, 2.75) is 51.6 Å². The Labute approximate surface area is 108 Å². The molecule has 1 aliphatic carbocycles. The molecule has 1 aromatic heterocycles. The molecule has 0 bridgehead atoms. The molecule has 2 unspecified atom stereocenters. The van der Waals surface area contributed by atoms with Gasteiger partial charge in [0.1, 0.15) is 0 Å². The van der Waals surface area contributed by atoms with Gasteiger partial charge in [-0.15, -0.1) is 11.3 Å². The monoisotopic (exact) mass is 253 g/mol. The molecule has 1 fully saturated rings. The predicted octanol–water partition coefficient (Wildman–Crippen LogP) is 2.45. The van der Waals surface area contributed by atoms with Crippen molar-refractivity contribution in [2.24, 2.45) is 11.7 Å². The normalized spacial score (nSPS) is 25.8. The maximum Gasteiger partial charge on any atom is 0.0897 e. The van der Waals surface area contributed by atoms with E-state index in [1.165, 1.54) is 37.0 Å². The lowest BCUT2D eigenvalue weighted by Gasteiger charge is -2.21. The summed E-state index contributed by atoms with van der Waals surface area (Å²) < 4.78 is 0. The molecule has 1 aromatic rings. The Morgan fingerprint density at radius 1 is 1.41 bits per heavy atom. The summed E-state index contributed by atoms with van der Waals surface area (Å²) in [5.74, 6) is 0.659. The van der Waals surface area contributed by atoms with Crippen molar-refractivity contribution < 1.29 is 0 Å². The largest absolute Gasteiger partial charge is 0.327 e. The van der Waals surface area contributed by atoms with Gasteiger partial charge in [0.05, 0.1) is 5.01 Å². The van der Waals surface area contributed by atoms with Crippen LogP contribution in [0.1, 0.15) is 42.0 Å². The highest BCUT2D eigenvalue weighted by molar-refractivity contribution is 7.11. The molecule has 2 atom stereocenters. The zero-order valence-corrected chi connectivity index (χ0v) is 11.4. The van der Waals surface area contributed by atoms with Gasteiger partial charge in [-0.1, -0.05) is 19.3 Å². The van der Waals surface area contributed by atoms with E-state index in [2.05, 4.69) is 17.2 Å². The van der Waals surface area contributed by atoms with Gasteiger partial charge >= 0.3 is 0 Å². The molecule has 0 saturated heterocycles. The number of hydrogen-bond donors (Lipinski definition) is 2. The summed E-state index contributed by atoms with van der Waals surface area (Å²) in [4.78, 5) is 5.59. The molecule has 1 aliphatic rings. The van der Waals surface area contributed by atoms with Gasteiger partial charge in [0.2, 0.25) is 0 Å². The number of aromatic nitrogens is 1. The van der Waals surface area contributed by atoms with Crippen LogP contribution in [0, 0.1) is 12.8 Å². The first kappa shape index (κ1) is 13.0. The number of aryl methyl sites for hydroxylation is 1. The van der Waals surface area contributed by atoms with Crippen LogP contribution in [-0.2, 0) is 6.54 Å². The molecular weight excluding hydrogens is 230 g/mol. The van der Waals surface area contributed by atoms with Crippen molar-refractivity contribution in [3.8, 4) is 0 Å². The Kier molecular flexibility index (Phi) is 4.95. The van der Waals surface area contributed by atoms with E-state index in [1.54, 1.807) is 11.3 Å². The predicted molar refractivity (Wildman–Crippen MR) is 73.1 cm³/mol. The number of nitrogens with zero attached hydrogens (tertiary/aromatic N) is 1. The SMILES string of the molecule is Cc1ncc(CNCC2CCCCCC2N)s1. The molecule has 3 nitrogen and oxygen atoms in total. The Balaban J connectivity index is 1.73. The van der Waals surface area contributed by atoms with Crippen molar-refractivity contribution in [2.75, 3.05) is 6.54 Å². The summed E-state index contributed by atoms with van der Waals surface area (Å²) in [6.07, 6.45) is 8.48. The first-order valence-corrected chi connectivity index (χ1v) is 7.45. The topological polar surface area (TPSA) is 50.9 Å². The molecule has 3 N–H and O–H groups in total. The summed E-state index contributed by atoms with van der Waals surface area (Å²) in [7, 11) is 0. The Morgan fingerprint density at radius 3 is 3.00 bits per heavy atom.